The summed E-state index contributed by atoms with van der Waals surface area (Å²) in [6, 6.07) is 9.49. The first-order valence-electron chi connectivity index (χ1n) is 11.7. The van der Waals surface area contributed by atoms with Crippen LogP contribution < -0.4 is 15.4 Å². The Morgan fingerprint density at radius 3 is 2.33 bits per heavy atom. The van der Waals surface area contributed by atoms with Crippen LogP contribution in [-0.4, -0.2) is 69.6 Å². The Hall–Kier alpha value is -3.49. The number of nitrogens with zero attached hydrogens (tertiary/aromatic N) is 7. The zero-order valence-corrected chi connectivity index (χ0v) is 18.8. The fraction of sp³-hybridized carbons (Fsp3) is 0.458. The van der Waals surface area contributed by atoms with Crippen LogP contribution in [0.3, 0.4) is 0 Å². The van der Waals surface area contributed by atoms with Gasteiger partial charge in [-0.05, 0) is 37.5 Å². The zero-order valence-electron chi connectivity index (χ0n) is 18.8. The van der Waals surface area contributed by atoms with E-state index in [9.17, 15) is 9.59 Å². The first-order valence-corrected chi connectivity index (χ1v) is 11.7. The Kier molecular flexibility index (Phi) is 6.19. The topological polar surface area (TPSA) is 87.5 Å². The van der Waals surface area contributed by atoms with Crippen molar-refractivity contribution in [1.29, 1.82) is 0 Å². The third kappa shape index (κ3) is 4.53. The maximum Gasteiger partial charge on any atom is 0.294 e. The molecular weight excluding hydrogens is 418 g/mol. The van der Waals surface area contributed by atoms with Gasteiger partial charge in [-0.1, -0.05) is 12.1 Å². The van der Waals surface area contributed by atoms with E-state index in [0.29, 0.717) is 44.5 Å². The smallest absolute Gasteiger partial charge is 0.294 e. The average molecular weight is 448 g/mol. The molecule has 4 heterocycles. The van der Waals surface area contributed by atoms with Gasteiger partial charge < -0.3 is 19.3 Å². The highest BCUT2D eigenvalue weighted by molar-refractivity contribution is 5.78. The van der Waals surface area contributed by atoms with Crippen LogP contribution in [0, 0.1) is 0 Å². The molecule has 0 radical (unpaired) electrons. The van der Waals surface area contributed by atoms with Crippen molar-refractivity contribution in [3.05, 3.63) is 53.1 Å². The van der Waals surface area contributed by atoms with Crippen molar-refractivity contribution in [2.75, 3.05) is 49.1 Å². The molecule has 3 aromatic rings. The second-order valence-electron chi connectivity index (χ2n) is 8.60. The number of aryl methyl sites for hydroxylation is 1. The van der Waals surface area contributed by atoms with Gasteiger partial charge in [0.25, 0.3) is 5.56 Å². The molecule has 0 aliphatic carbocycles. The van der Waals surface area contributed by atoms with Gasteiger partial charge in [-0.2, -0.15) is 0 Å². The number of hydrogen-bond donors (Lipinski definition) is 0. The maximum atomic E-state index is 13.4. The molecule has 0 unspecified atom stereocenters. The first kappa shape index (κ1) is 21.4. The van der Waals surface area contributed by atoms with Crippen molar-refractivity contribution in [3.8, 4) is 0 Å². The number of aromatic nitrogens is 4. The Bertz CT molecular complexity index is 1170. The van der Waals surface area contributed by atoms with Gasteiger partial charge in [-0.3, -0.25) is 9.59 Å². The number of amides is 1. The van der Waals surface area contributed by atoms with Crippen molar-refractivity contribution in [1.82, 2.24) is 24.4 Å². The molecule has 2 aliphatic rings. The van der Waals surface area contributed by atoms with Crippen LogP contribution in [0.1, 0.15) is 25.7 Å². The minimum atomic E-state index is -0.102. The molecule has 2 fully saturated rings. The van der Waals surface area contributed by atoms with Crippen LogP contribution in [0.15, 0.2) is 47.5 Å². The van der Waals surface area contributed by atoms with Crippen molar-refractivity contribution >= 4 is 28.7 Å². The molecule has 0 spiro atoms. The lowest BCUT2D eigenvalue weighted by Crippen LogP contribution is -2.49. The molecule has 2 saturated heterocycles. The number of para-hydroxylation sites is 2. The van der Waals surface area contributed by atoms with Gasteiger partial charge in [0.2, 0.25) is 11.9 Å². The van der Waals surface area contributed by atoms with Crippen molar-refractivity contribution < 1.29 is 4.79 Å². The van der Waals surface area contributed by atoms with E-state index in [2.05, 4.69) is 19.8 Å². The van der Waals surface area contributed by atoms with Gasteiger partial charge in [-0.25, -0.2) is 15.0 Å². The quantitative estimate of drug-likeness (QED) is 0.590. The third-order valence-electron chi connectivity index (χ3n) is 6.51. The standard InChI is InChI=1S/C24H29N7O2/c32-21(28-15-17-30(18-16-28)24-25-10-6-11-26-24)9-14-31-20-8-3-2-7-19(20)27-22(23(31)33)29-12-4-1-5-13-29/h2-3,6-8,10-11H,1,4-5,9,12-18H2. The van der Waals surface area contributed by atoms with E-state index >= 15 is 0 Å². The number of fused-ring (bicyclic) bond motifs is 1. The van der Waals surface area contributed by atoms with Crippen LogP contribution in [0.5, 0.6) is 0 Å². The molecule has 9 heteroatoms. The maximum absolute atomic E-state index is 13.4. The fourth-order valence-electron chi connectivity index (χ4n) is 4.69. The Labute approximate surface area is 192 Å². The summed E-state index contributed by atoms with van der Waals surface area (Å²) in [4.78, 5) is 45.7. The Balaban J connectivity index is 1.29. The summed E-state index contributed by atoms with van der Waals surface area (Å²) in [6.07, 6.45) is 7.09. The van der Waals surface area contributed by atoms with E-state index < -0.39 is 0 Å². The molecule has 1 amide bonds. The number of benzene rings is 1. The van der Waals surface area contributed by atoms with Gasteiger partial charge >= 0.3 is 0 Å². The Morgan fingerprint density at radius 2 is 1.58 bits per heavy atom. The molecule has 33 heavy (non-hydrogen) atoms. The van der Waals surface area contributed by atoms with Crippen LogP contribution in [0.2, 0.25) is 0 Å². The van der Waals surface area contributed by atoms with E-state index in [4.69, 9.17) is 4.98 Å². The SMILES string of the molecule is O=C(CCn1c(=O)c(N2CCCCC2)nc2ccccc21)N1CCN(c2ncccn2)CC1. The summed E-state index contributed by atoms with van der Waals surface area (Å²) in [6.45, 7) is 4.72. The summed E-state index contributed by atoms with van der Waals surface area (Å²) in [5.41, 5.74) is 1.47. The van der Waals surface area contributed by atoms with Crippen LogP contribution in [0.4, 0.5) is 11.8 Å². The highest BCUT2D eigenvalue weighted by atomic mass is 16.2. The van der Waals surface area contributed by atoms with Gasteiger partial charge in [0, 0.05) is 64.6 Å². The number of rotatable bonds is 5. The van der Waals surface area contributed by atoms with Gasteiger partial charge in [0.1, 0.15) is 0 Å². The van der Waals surface area contributed by atoms with Gasteiger partial charge in [-0.15, -0.1) is 0 Å². The molecule has 0 saturated carbocycles. The van der Waals surface area contributed by atoms with Crippen molar-refractivity contribution in [2.45, 2.75) is 32.2 Å². The highest BCUT2D eigenvalue weighted by Gasteiger charge is 2.23. The third-order valence-corrected chi connectivity index (χ3v) is 6.51. The minimum Gasteiger partial charge on any atom is -0.352 e. The number of piperidine rings is 1. The molecule has 9 nitrogen and oxygen atoms in total. The predicted octanol–water partition coefficient (Wildman–Crippen LogP) is 1.92. The molecule has 2 aromatic heterocycles. The van der Waals surface area contributed by atoms with E-state index in [-0.39, 0.29) is 17.9 Å². The van der Waals surface area contributed by atoms with E-state index in [0.717, 1.165) is 37.0 Å². The minimum absolute atomic E-state index is 0.0657. The second-order valence-corrected chi connectivity index (χ2v) is 8.60. The number of piperazine rings is 1. The Morgan fingerprint density at radius 1 is 0.848 bits per heavy atom. The zero-order chi connectivity index (χ0) is 22.6. The molecule has 0 atom stereocenters. The van der Waals surface area contributed by atoms with Crippen molar-refractivity contribution in [3.63, 3.8) is 0 Å². The van der Waals surface area contributed by atoms with E-state index in [1.807, 2.05) is 29.2 Å². The lowest BCUT2D eigenvalue weighted by molar-refractivity contribution is -0.131. The fourth-order valence-corrected chi connectivity index (χ4v) is 4.69. The molecule has 1 aromatic carbocycles. The lowest BCUT2D eigenvalue weighted by Gasteiger charge is -2.34. The van der Waals surface area contributed by atoms with E-state index in [1.54, 1.807) is 23.0 Å². The average Bonchev–Trinajstić information content (AvgIpc) is 2.89. The summed E-state index contributed by atoms with van der Waals surface area (Å²) >= 11 is 0. The molecule has 2 aliphatic heterocycles. The first-order chi connectivity index (χ1) is 16.2. The molecular formula is C24H29N7O2. The largest absolute Gasteiger partial charge is 0.352 e. The van der Waals surface area contributed by atoms with E-state index in [1.165, 1.54) is 6.42 Å². The number of carbonyl (C=O) groups excluding carboxylic acids is 1. The second kappa shape index (κ2) is 9.56. The lowest BCUT2D eigenvalue weighted by atomic mass is 10.1. The van der Waals surface area contributed by atoms with Gasteiger partial charge in [0.05, 0.1) is 11.0 Å². The van der Waals surface area contributed by atoms with Crippen LogP contribution in [-0.2, 0) is 11.3 Å². The van der Waals surface area contributed by atoms with Crippen LogP contribution >= 0.6 is 0 Å². The summed E-state index contributed by atoms with van der Waals surface area (Å²) < 4.78 is 1.73. The number of hydrogen-bond acceptors (Lipinski definition) is 7. The summed E-state index contributed by atoms with van der Waals surface area (Å²) in [5, 5.41) is 0. The normalized spacial score (nSPS) is 16.9. The van der Waals surface area contributed by atoms with Crippen molar-refractivity contribution in [2.24, 2.45) is 0 Å². The van der Waals surface area contributed by atoms with Gasteiger partial charge in [0.15, 0.2) is 5.82 Å². The molecule has 172 valence electrons. The molecule has 0 N–H and O–H groups in total. The monoisotopic (exact) mass is 447 g/mol. The summed E-state index contributed by atoms with van der Waals surface area (Å²) in [5.74, 6) is 1.28. The summed E-state index contributed by atoms with van der Waals surface area (Å²) in [7, 11) is 0. The highest BCUT2D eigenvalue weighted by Crippen LogP contribution is 2.19. The van der Waals surface area contributed by atoms with Crippen LogP contribution in [0.25, 0.3) is 11.0 Å². The molecule has 0 bridgehead atoms. The molecule has 5 rings (SSSR count). The number of anilines is 2. The number of carbonyl (C=O) groups is 1. The predicted molar refractivity (Wildman–Crippen MR) is 128 cm³/mol.